The topological polar surface area (TPSA) is 43.9 Å². The van der Waals surface area contributed by atoms with Gasteiger partial charge in [-0.1, -0.05) is 41.8 Å². The highest BCUT2D eigenvalue weighted by atomic mass is 32.2. The molecular formula is C26H33N3O2S. The predicted octanol–water partition coefficient (Wildman–Crippen LogP) is 4.55. The third-order valence-corrected chi connectivity index (χ3v) is 7.66. The van der Waals surface area contributed by atoms with E-state index in [4.69, 9.17) is 0 Å². The fourth-order valence-electron chi connectivity index (χ4n) is 5.31. The Morgan fingerprint density at radius 1 is 0.969 bits per heavy atom. The number of nitrogens with zero attached hydrogens (tertiary/aromatic N) is 3. The van der Waals surface area contributed by atoms with E-state index in [9.17, 15) is 9.59 Å². The highest BCUT2D eigenvalue weighted by Crippen LogP contribution is 2.49. The third-order valence-electron chi connectivity index (χ3n) is 6.89. The minimum Gasteiger partial charge on any atom is -0.361 e. The number of carbonyl (C=O) groups is 2. The van der Waals surface area contributed by atoms with Crippen molar-refractivity contribution < 1.29 is 9.59 Å². The first-order valence-corrected chi connectivity index (χ1v) is 12.5. The van der Waals surface area contributed by atoms with Crippen LogP contribution in [0.5, 0.6) is 0 Å². The van der Waals surface area contributed by atoms with Crippen LogP contribution < -0.4 is 9.21 Å². The average molecular weight is 452 g/mol. The number of amides is 1. The van der Waals surface area contributed by atoms with Crippen LogP contribution in [0, 0.1) is 20.8 Å². The third kappa shape index (κ3) is 3.90. The Balaban J connectivity index is 1.95. The lowest BCUT2D eigenvalue weighted by molar-refractivity contribution is -0.129. The van der Waals surface area contributed by atoms with Gasteiger partial charge in [-0.2, -0.15) is 0 Å². The molecule has 32 heavy (non-hydrogen) atoms. The molecule has 1 atom stereocenters. The number of anilines is 2. The summed E-state index contributed by atoms with van der Waals surface area (Å²) in [7, 11) is 0. The van der Waals surface area contributed by atoms with Crippen LogP contribution in [0.25, 0.3) is 11.1 Å². The summed E-state index contributed by atoms with van der Waals surface area (Å²) in [6.45, 7) is 13.0. The van der Waals surface area contributed by atoms with Crippen molar-refractivity contribution in [2.75, 3.05) is 41.6 Å². The lowest BCUT2D eigenvalue weighted by Gasteiger charge is -2.50. The van der Waals surface area contributed by atoms with Crippen LogP contribution in [0.2, 0.25) is 0 Å². The van der Waals surface area contributed by atoms with Crippen LogP contribution in [0.15, 0.2) is 24.3 Å². The number of benzene rings is 2. The number of hydrogen-bond acceptors (Lipinski definition) is 5. The average Bonchev–Trinajstić information content (AvgIpc) is 2.76. The summed E-state index contributed by atoms with van der Waals surface area (Å²) >= 11 is 1.73. The van der Waals surface area contributed by atoms with Crippen LogP contribution >= 0.6 is 11.9 Å². The molecule has 5 nitrogen and oxygen atoms in total. The largest absolute Gasteiger partial charge is 0.361 e. The van der Waals surface area contributed by atoms with Gasteiger partial charge >= 0.3 is 0 Å². The standard InChI is InChI=1S/C26H33N3O2S/c1-16-7-9-21(10-8-16)24-19(4)25-26(18(3)23(24)13-17(2)30)29(32-6)15-22-14-27(20(5)31)11-12-28(22)25/h7-10,22H,11-15H2,1-6H3/t22-/m1/s1. The molecule has 1 amide bonds. The number of carbonyl (C=O) groups excluding carboxylic acids is 2. The normalized spacial score (nSPS) is 17.8. The van der Waals surface area contributed by atoms with E-state index in [-0.39, 0.29) is 17.7 Å². The first-order chi connectivity index (χ1) is 15.2. The van der Waals surface area contributed by atoms with Gasteiger partial charge in [0.2, 0.25) is 5.91 Å². The van der Waals surface area contributed by atoms with E-state index >= 15 is 0 Å². The molecule has 0 bridgehead atoms. The van der Waals surface area contributed by atoms with Crippen molar-refractivity contribution in [1.82, 2.24) is 4.90 Å². The first-order valence-electron chi connectivity index (χ1n) is 11.3. The molecule has 0 aromatic heterocycles. The van der Waals surface area contributed by atoms with Gasteiger partial charge in [-0.25, -0.2) is 0 Å². The number of Topliss-reactive ketones (excluding diaryl/α,β-unsaturated/α-hetero) is 1. The second-order valence-electron chi connectivity index (χ2n) is 9.10. The zero-order chi connectivity index (χ0) is 23.2. The first kappa shape index (κ1) is 22.7. The van der Waals surface area contributed by atoms with E-state index in [0.29, 0.717) is 6.42 Å². The number of fused-ring (bicyclic) bond motifs is 3. The van der Waals surface area contributed by atoms with E-state index in [1.54, 1.807) is 25.8 Å². The van der Waals surface area contributed by atoms with Gasteiger partial charge in [0.25, 0.3) is 0 Å². The molecule has 0 unspecified atom stereocenters. The van der Waals surface area contributed by atoms with Crippen molar-refractivity contribution in [2.45, 2.75) is 47.1 Å². The van der Waals surface area contributed by atoms with Crippen molar-refractivity contribution >= 4 is 35.0 Å². The summed E-state index contributed by atoms with van der Waals surface area (Å²) < 4.78 is 2.37. The summed E-state index contributed by atoms with van der Waals surface area (Å²) in [5.74, 6) is 0.330. The lowest BCUT2D eigenvalue weighted by Crippen LogP contribution is -2.60. The van der Waals surface area contributed by atoms with Gasteiger partial charge in [0.05, 0.1) is 24.0 Å². The molecule has 2 aromatic carbocycles. The van der Waals surface area contributed by atoms with Crippen molar-refractivity contribution in [3.05, 3.63) is 46.5 Å². The molecular weight excluding hydrogens is 418 g/mol. The quantitative estimate of drug-likeness (QED) is 0.639. The van der Waals surface area contributed by atoms with Crippen LogP contribution in [0.3, 0.4) is 0 Å². The maximum atomic E-state index is 12.3. The molecule has 2 aromatic rings. The van der Waals surface area contributed by atoms with Crippen molar-refractivity contribution in [3.8, 4) is 11.1 Å². The summed E-state index contributed by atoms with van der Waals surface area (Å²) in [6.07, 6.45) is 2.55. The minimum atomic E-state index is 0.149. The molecule has 1 fully saturated rings. The fraction of sp³-hybridized carbons (Fsp3) is 0.462. The van der Waals surface area contributed by atoms with Gasteiger partial charge in [-0.15, -0.1) is 0 Å². The van der Waals surface area contributed by atoms with Gasteiger partial charge in [0.1, 0.15) is 5.78 Å². The molecule has 2 aliphatic rings. The van der Waals surface area contributed by atoms with Crippen molar-refractivity contribution in [2.24, 2.45) is 0 Å². The monoisotopic (exact) mass is 451 g/mol. The van der Waals surface area contributed by atoms with Gasteiger partial charge in [-0.3, -0.25) is 9.59 Å². The van der Waals surface area contributed by atoms with Gasteiger partial charge in [0.15, 0.2) is 0 Å². The van der Waals surface area contributed by atoms with Crippen molar-refractivity contribution in [3.63, 3.8) is 0 Å². The van der Waals surface area contributed by atoms with Crippen molar-refractivity contribution in [1.29, 1.82) is 0 Å². The number of rotatable bonds is 4. The van der Waals surface area contributed by atoms with Gasteiger partial charge in [0, 0.05) is 39.2 Å². The SMILES string of the molecule is CSN1C[C@H]2CN(C(C)=O)CCN2c2c(C)c(-c3ccc(C)cc3)c(CC(C)=O)c(C)c21. The van der Waals surface area contributed by atoms with Crippen LogP contribution in [-0.2, 0) is 16.0 Å². The van der Waals surface area contributed by atoms with Crippen LogP contribution in [0.1, 0.15) is 36.1 Å². The molecule has 1 saturated heterocycles. The van der Waals surface area contributed by atoms with Crippen LogP contribution in [-0.4, -0.2) is 55.1 Å². The second kappa shape index (κ2) is 8.81. The smallest absolute Gasteiger partial charge is 0.219 e. The molecule has 4 rings (SSSR count). The Hall–Kier alpha value is -2.47. The molecule has 0 spiro atoms. The maximum Gasteiger partial charge on any atom is 0.219 e. The molecule has 0 N–H and O–H groups in total. The second-order valence-corrected chi connectivity index (χ2v) is 9.91. The van der Waals surface area contributed by atoms with E-state index < -0.39 is 0 Å². The Kier molecular flexibility index (Phi) is 6.26. The number of ketones is 1. The summed E-state index contributed by atoms with van der Waals surface area (Å²) in [4.78, 5) is 28.8. The number of hydrogen-bond donors (Lipinski definition) is 0. The zero-order valence-corrected chi connectivity index (χ0v) is 20.8. The van der Waals surface area contributed by atoms with E-state index in [1.807, 2.05) is 4.90 Å². The molecule has 2 heterocycles. The Labute approximate surface area is 195 Å². The highest BCUT2D eigenvalue weighted by molar-refractivity contribution is 8.00. The van der Waals surface area contributed by atoms with E-state index in [2.05, 4.69) is 60.5 Å². The number of aryl methyl sites for hydroxylation is 1. The van der Waals surface area contributed by atoms with Gasteiger partial charge < -0.3 is 14.1 Å². The molecule has 0 aliphatic carbocycles. The van der Waals surface area contributed by atoms with E-state index in [1.165, 1.54) is 33.6 Å². The van der Waals surface area contributed by atoms with E-state index in [0.717, 1.165) is 37.3 Å². The summed E-state index contributed by atoms with van der Waals surface area (Å²) in [6, 6.07) is 8.89. The maximum absolute atomic E-state index is 12.3. The zero-order valence-electron chi connectivity index (χ0n) is 20.0. The van der Waals surface area contributed by atoms with Gasteiger partial charge in [-0.05, 0) is 55.5 Å². The molecule has 170 valence electrons. The predicted molar refractivity (Wildman–Crippen MR) is 135 cm³/mol. The van der Waals surface area contributed by atoms with Crippen LogP contribution in [0.4, 0.5) is 11.4 Å². The molecule has 6 heteroatoms. The number of piperazine rings is 1. The Morgan fingerprint density at radius 3 is 2.25 bits per heavy atom. The lowest BCUT2D eigenvalue weighted by atomic mass is 9.85. The Morgan fingerprint density at radius 2 is 1.66 bits per heavy atom. The fourth-order valence-corrected chi connectivity index (χ4v) is 6.04. The summed E-state index contributed by atoms with van der Waals surface area (Å²) in [5, 5.41) is 0. The highest BCUT2D eigenvalue weighted by Gasteiger charge is 2.39. The molecule has 0 saturated carbocycles. The Bertz CT molecular complexity index is 1060. The molecule has 2 aliphatic heterocycles. The summed E-state index contributed by atoms with van der Waals surface area (Å²) in [5.41, 5.74) is 9.63. The molecule has 0 radical (unpaired) electrons. The minimum absolute atomic E-state index is 0.149.